The summed E-state index contributed by atoms with van der Waals surface area (Å²) in [5, 5.41) is 8.13. The maximum Gasteiger partial charge on any atom is 0.217 e. The Labute approximate surface area is 163 Å². The molecule has 0 aliphatic rings. The number of thiophene rings is 1. The van der Waals surface area contributed by atoms with Gasteiger partial charge in [-0.05, 0) is 54.3 Å². The summed E-state index contributed by atoms with van der Waals surface area (Å²) in [5.74, 6) is 2.57. The van der Waals surface area contributed by atoms with E-state index in [0.717, 1.165) is 27.2 Å². The van der Waals surface area contributed by atoms with Crippen LogP contribution in [0.25, 0.3) is 27.4 Å². The molecular formula is C19H13ClN4O2S. The predicted molar refractivity (Wildman–Crippen MR) is 104 cm³/mol. The van der Waals surface area contributed by atoms with Crippen molar-refractivity contribution in [1.82, 2.24) is 19.6 Å². The van der Waals surface area contributed by atoms with Gasteiger partial charge in [-0.15, -0.1) is 16.4 Å². The van der Waals surface area contributed by atoms with Crippen LogP contribution >= 0.6 is 22.9 Å². The first kappa shape index (κ1) is 16.3. The maximum absolute atomic E-state index is 5.97. The lowest BCUT2D eigenvalue weighted by atomic mass is 10.2. The number of hydrogen-bond donors (Lipinski definition) is 0. The smallest absolute Gasteiger partial charge is 0.217 e. The second-order valence-electron chi connectivity index (χ2n) is 6.05. The fraction of sp³-hybridized carbons (Fsp3) is 0.105. The van der Waals surface area contributed by atoms with Gasteiger partial charge in [0.1, 0.15) is 29.3 Å². The van der Waals surface area contributed by atoms with Gasteiger partial charge in [-0.25, -0.2) is 14.5 Å². The van der Waals surface area contributed by atoms with Crippen molar-refractivity contribution in [3.8, 4) is 17.3 Å². The van der Waals surface area contributed by atoms with Crippen molar-refractivity contribution in [2.24, 2.45) is 0 Å². The fourth-order valence-electron chi connectivity index (χ4n) is 2.87. The van der Waals surface area contributed by atoms with Crippen LogP contribution in [0.1, 0.15) is 11.3 Å². The molecule has 0 amide bonds. The van der Waals surface area contributed by atoms with E-state index >= 15 is 0 Å². The molecule has 1 aromatic carbocycles. The molecule has 0 spiro atoms. The molecule has 6 nitrogen and oxygen atoms in total. The van der Waals surface area contributed by atoms with Gasteiger partial charge < -0.3 is 9.15 Å². The summed E-state index contributed by atoms with van der Waals surface area (Å²) in [6.07, 6.45) is 1.67. The molecule has 0 unspecified atom stereocenters. The van der Waals surface area contributed by atoms with Gasteiger partial charge in [0.25, 0.3) is 0 Å². The van der Waals surface area contributed by atoms with Crippen molar-refractivity contribution in [2.75, 3.05) is 0 Å². The summed E-state index contributed by atoms with van der Waals surface area (Å²) in [6, 6.07) is 11.2. The monoisotopic (exact) mass is 396 g/mol. The summed E-state index contributed by atoms with van der Waals surface area (Å²) in [4.78, 5) is 9.92. The normalized spacial score (nSPS) is 11.5. The number of furan rings is 1. The molecular weight excluding hydrogens is 384 g/mol. The van der Waals surface area contributed by atoms with Crippen molar-refractivity contribution < 1.29 is 9.15 Å². The molecule has 0 aliphatic heterocycles. The van der Waals surface area contributed by atoms with Crippen LogP contribution in [-0.2, 0) is 6.61 Å². The minimum absolute atomic E-state index is 0.312. The van der Waals surface area contributed by atoms with Gasteiger partial charge in [-0.1, -0.05) is 11.6 Å². The van der Waals surface area contributed by atoms with E-state index < -0.39 is 0 Å². The third kappa shape index (κ3) is 2.94. The van der Waals surface area contributed by atoms with Gasteiger partial charge in [0.05, 0.1) is 5.39 Å². The van der Waals surface area contributed by atoms with Crippen LogP contribution in [0.15, 0.2) is 52.5 Å². The van der Waals surface area contributed by atoms with Gasteiger partial charge in [0, 0.05) is 5.02 Å². The van der Waals surface area contributed by atoms with E-state index in [2.05, 4.69) is 15.1 Å². The Morgan fingerprint density at radius 3 is 3.04 bits per heavy atom. The highest BCUT2D eigenvalue weighted by Crippen LogP contribution is 2.26. The molecule has 8 heteroatoms. The van der Waals surface area contributed by atoms with Crippen LogP contribution in [0.3, 0.4) is 0 Å². The third-order valence-corrected chi connectivity index (χ3v) is 5.25. The quantitative estimate of drug-likeness (QED) is 0.421. The van der Waals surface area contributed by atoms with Gasteiger partial charge in [0.2, 0.25) is 5.82 Å². The zero-order chi connectivity index (χ0) is 18.4. The molecule has 27 heavy (non-hydrogen) atoms. The standard InChI is InChI=1S/C19H13ClN4O2S/c1-11-8-12(20)2-4-15(11)25-9-13-3-5-16(26-13)17-22-18-14-6-7-27-19(14)21-10-24(18)23-17/h2-8,10H,9H2,1H3. The number of halogens is 1. The first-order valence-electron chi connectivity index (χ1n) is 8.24. The predicted octanol–water partition coefficient (Wildman–Crippen LogP) is 5.14. The number of benzene rings is 1. The minimum Gasteiger partial charge on any atom is -0.485 e. The van der Waals surface area contributed by atoms with E-state index in [-0.39, 0.29) is 0 Å². The van der Waals surface area contributed by atoms with Crippen LogP contribution in [0.2, 0.25) is 5.02 Å². The minimum atomic E-state index is 0.312. The Morgan fingerprint density at radius 2 is 2.15 bits per heavy atom. The summed E-state index contributed by atoms with van der Waals surface area (Å²) >= 11 is 7.55. The molecule has 0 aliphatic carbocycles. The summed E-state index contributed by atoms with van der Waals surface area (Å²) in [6.45, 7) is 2.26. The van der Waals surface area contributed by atoms with E-state index in [9.17, 15) is 0 Å². The molecule has 0 N–H and O–H groups in total. The number of nitrogens with zero attached hydrogens (tertiary/aromatic N) is 4. The number of rotatable bonds is 4. The molecule has 0 saturated carbocycles. The molecule has 0 fully saturated rings. The second kappa shape index (κ2) is 6.37. The first-order chi connectivity index (χ1) is 13.2. The van der Waals surface area contributed by atoms with Crippen LogP contribution in [0.5, 0.6) is 5.75 Å². The molecule has 134 valence electrons. The molecule has 0 atom stereocenters. The number of aromatic nitrogens is 4. The number of fused-ring (bicyclic) bond motifs is 3. The number of hydrogen-bond acceptors (Lipinski definition) is 6. The summed E-state index contributed by atoms with van der Waals surface area (Å²) < 4.78 is 13.4. The Morgan fingerprint density at radius 1 is 1.22 bits per heavy atom. The highest BCUT2D eigenvalue weighted by atomic mass is 35.5. The number of ether oxygens (including phenoxy) is 1. The lowest BCUT2D eigenvalue weighted by Gasteiger charge is -2.07. The Hall–Kier alpha value is -2.90. The topological polar surface area (TPSA) is 65.5 Å². The van der Waals surface area contributed by atoms with E-state index in [1.165, 1.54) is 0 Å². The van der Waals surface area contributed by atoms with Crippen molar-refractivity contribution >= 4 is 38.8 Å². The fourth-order valence-corrected chi connectivity index (χ4v) is 3.82. The molecule has 4 heterocycles. The Balaban J connectivity index is 1.40. The van der Waals surface area contributed by atoms with Gasteiger partial charge >= 0.3 is 0 Å². The molecule has 5 aromatic rings. The Kier molecular flexibility index (Phi) is 3.84. The van der Waals surface area contributed by atoms with Crippen LogP contribution in [-0.4, -0.2) is 19.6 Å². The zero-order valence-corrected chi connectivity index (χ0v) is 15.8. The maximum atomic E-state index is 5.97. The second-order valence-corrected chi connectivity index (χ2v) is 7.38. The zero-order valence-electron chi connectivity index (χ0n) is 14.2. The summed E-state index contributed by atoms with van der Waals surface area (Å²) in [5.41, 5.74) is 1.74. The lowest BCUT2D eigenvalue weighted by Crippen LogP contribution is -1.95. The van der Waals surface area contributed by atoms with E-state index in [4.69, 9.17) is 20.8 Å². The van der Waals surface area contributed by atoms with Crippen molar-refractivity contribution in [2.45, 2.75) is 13.5 Å². The SMILES string of the molecule is Cc1cc(Cl)ccc1OCc1ccc(-c2nc3c4ccsc4ncn3n2)o1. The van der Waals surface area contributed by atoms with Crippen LogP contribution < -0.4 is 4.74 Å². The lowest BCUT2D eigenvalue weighted by molar-refractivity contribution is 0.270. The van der Waals surface area contributed by atoms with Gasteiger partial charge in [-0.3, -0.25) is 0 Å². The van der Waals surface area contributed by atoms with E-state index in [1.54, 1.807) is 28.2 Å². The third-order valence-electron chi connectivity index (χ3n) is 4.19. The van der Waals surface area contributed by atoms with Crippen molar-refractivity contribution in [3.63, 3.8) is 0 Å². The van der Waals surface area contributed by atoms with Crippen LogP contribution in [0, 0.1) is 6.92 Å². The van der Waals surface area contributed by atoms with Crippen LogP contribution in [0.4, 0.5) is 0 Å². The van der Waals surface area contributed by atoms with E-state index in [1.807, 2.05) is 42.6 Å². The number of aryl methyl sites for hydroxylation is 1. The first-order valence-corrected chi connectivity index (χ1v) is 9.50. The molecule has 4 aromatic heterocycles. The highest BCUT2D eigenvalue weighted by molar-refractivity contribution is 7.16. The van der Waals surface area contributed by atoms with Crippen molar-refractivity contribution in [3.05, 3.63) is 64.5 Å². The Bertz CT molecular complexity index is 1270. The molecule has 0 radical (unpaired) electrons. The molecule has 0 saturated heterocycles. The largest absolute Gasteiger partial charge is 0.485 e. The van der Waals surface area contributed by atoms with Gasteiger partial charge in [0.15, 0.2) is 11.4 Å². The average molecular weight is 397 g/mol. The van der Waals surface area contributed by atoms with Gasteiger partial charge in [-0.2, -0.15) is 0 Å². The molecule has 0 bridgehead atoms. The summed E-state index contributed by atoms with van der Waals surface area (Å²) in [7, 11) is 0. The highest BCUT2D eigenvalue weighted by Gasteiger charge is 2.14. The molecule has 5 rings (SSSR count). The van der Waals surface area contributed by atoms with E-state index in [0.29, 0.717) is 29.0 Å². The van der Waals surface area contributed by atoms with Crippen molar-refractivity contribution in [1.29, 1.82) is 0 Å². The average Bonchev–Trinajstić information content (AvgIpc) is 3.38.